The third kappa shape index (κ3) is 2.93. The number of nitrogens with zero attached hydrogens (tertiary/aromatic N) is 2. The number of nitrogens with two attached hydrogens (primary N) is 1. The lowest BCUT2D eigenvalue weighted by Gasteiger charge is -2.30. The Bertz CT molecular complexity index is 322. The van der Waals surface area contributed by atoms with Gasteiger partial charge in [0.05, 0.1) is 0 Å². The lowest BCUT2D eigenvalue weighted by Crippen LogP contribution is -2.33. The van der Waals surface area contributed by atoms with E-state index in [-0.39, 0.29) is 0 Å². The predicted octanol–water partition coefficient (Wildman–Crippen LogP) is 1.60. The van der Waals surface area contributed by atoms with E-state index in [1.165, 1.54) is 31.5 Å². The average molecular weight is 220 g/mol. The van der Waals surface area contributed by atoms with Gasteiger partial charge in [0, 0.05) is 19.3 Å². The molecule has 1 aliphatic heterocycles. The Kier molecular flexibility index (Phi) is 3.74. The number of piperidine rings is 1. The summed E-state index contributed by atoms with van der Waals surface area (Å²) in [5.74, 6) is 6.82. The molecule has 0 spiro atoms. The van der Waals surface area contributed by atoms with Gasteiger partial charge < -0.3 is 5.43 Å². The van der Waals surface area contributed by atoms with Crippen molar-refractivity contribution in [2.45, 2.75) is 26.3 Å². The van der Waals surface area contributed by atoms with Crippen molar-refractivity contribution in [2.24, 2.45) is 11.8 Å². The zero-order valence-electron chi connectivity index (χ0n) is 9.82. The summed E-state index contributed by atoms with van der Waals surface area (Å²) in [5, 5.41) is 0. The molecule has 0 amide bonds. The van der Waals surface area contributed by atoms with Gasteiger partial charge in [-0.25, -0.2) is 10.8 Å². The molecule has 1 aliphatic rings. The Hall–Kier alpha value is -1.13. The molecule has 1 atom stereocenters. The van der Waals surface area contributed by atoms with Crippen LogP contribution < -0.4 is 11.3 Å². The maximum Gasteiger partial charge on any atom is 0.139 e. The number of hydrogen-bond donors (Lipinski definition) is 2. The molecule has 1 aromatic rings. The number of likely N-dealkylation sites (tertiary alicyclic amines) is 1. The second-order valence-electron chi connectivity index (χ2n) is 4.68. The van der Waals surface area contributed by atoms with Crippen LogP contribution in [0.5, 0.6) is 0 Å². The number of anilines is 1. The van der Waals surface area contributed by atoms with Gasteiger partial charge in [-0.2, -0.15) is 0 Å². The van der Waals surface area contributed by atoms with Crippen molar-refractivity contribution in [1.82, 2.24) is 9.88 Å². The van der Waals surface area contributed by atoms with E-state index in [0.717, 1.165) is 18.3 Å². The molecule has 0 aromatic carbocycles. The monoisotopic (exact) mass is 220 g/mol. The van der Waals surface area contributed by atoms with Crippen LogP contribution in [0.2, 0.25) is 0 Å². The van der Waals surface area contributed by atoms with E-state index in [1.807, 2.05) is 12.3 Å². The molecule has 0 saturated carbocycles. The second kappa shape index (κ2) is 5.27. The summed E-state index contributed by atoms with van der Waals surface area (Å²) >= 11 is 0. The number of hydrogen-bond acceptors (Lipinski definition) is 4. The first-order valence-electron chi connectivity index (χ1n) is 5.92. The maximum atomic E-state index is 5.28. The second-order valence-corrected chi connectivity index (χ2v) is 4.68. The lowest BCUT2D eigenvalue weighted by molar-refractivity contribution is 0.176. The SMILES string of the molecule is CC1CCCN(Cc2ccc(NN)nc2)C1. The summed E-state index contributed by atoms with van der Waals surface area (Å²) in [6.45, 7) is 5.74. The summed E-state index contributed by atoms with van der Waals surface area (Å²) in [4.78, 5) is 6.72. The number of nitrogen functional groups attached to an aromatic ring is 1. The molecular formula is C12H20N4. The summed E-state index contributed by atoms with van der Waals surface area (Å²) < 4.78 is 0. The van der Waals surface area contributed by atoms with Gasteiger partial charge in [-0.1, -0.05) is 13.0 Å². The molecule has 4 heteroatoms. The molecule has 1 fully saturated rings. The Morgan fingerprint density at radius 3 is 3.06 bits per heavy atom. The van der Waals surface area contributed by atoms with E-state index >= 15 is 0 Å². The van der Waals surface area contributed by atoms with Crippen LogP contribution in [-0.2, 0) is 6.54 Å². The van der Waals surface area contributed by atoms with Crippen LogP contribution in [0.4, 0.5) is 5.82 Å². The van der Waals surface area contributed by atoms with Crippen LogP contribution in [0.3, 0.4) is 0 Å². The van der Waals surface area contributed by atoms with Gasteiger partial charge in [0.25, 0.3) is 0 Å². The fourth-order valence-electron chi connectivity index (χ4n) is 2.29. The van der Waals surface area contributed by atoms with E-state index in [4.69, 9.17) is 5.84 Å². The first-order valence-corrected chi connectivity index (χ1v) is 5.92. The van der Waals surface area contributed by atoms with Gasteiger partial charge in [-0.15, -0.1) is 0 Å². The van der Waals surface area contributed by atoms with Crippen molar-refractivity contribution in [3.8, 4) is 0 Å². The summed E-state index contributed by atoms with van der Waals surface area (Å²) in [6, 6.07) is 4.00. The van der Waals surface area contributed by atoms with Gasteiger partial charge in [0.1, 0.15) is 5.82 Å². The highest BCUT2D eigenvalue weighted by Crippen LogP contribution is 2.17. The normalized spacial score (nSPS) is 22.0. The van der Waals surface area contributed by atoms with Gasteiger partial charge in [0.2, 0.25) is 0 Å². The number of hydrazine groups is 1. The first kappa shape index (κ1) is 11.4. The van der Waals surface area contributed by atoms with Crippen molar-refractivity contribution in [2.75, 3.05) is 18.5 Å². The van der Waals surface area contributed by atoms with Crippen molar-refractivity contribution < 1.29 is 0 Å². The molecule has 1 aromatic heterocycles. The Morgan fingerprint density at radius 2 is 2.44 bits per heavy atom. The minimum absolute atomic E-state index is 0.718. The quantitative estimate of drug-likeness (QED) is 0.600. The summed E-state index contributed by atoms with van der Waals surface area (Å²) in [7, 11) is 0. The minimum atomic E-state index is 0.718. The third-order valence-electron chi connectivity index (χ3n) is 3.12. The van der Waals surface area contributed by atoms with Crippen LogP contribution in [0.15, 0.2) is 18.3 Å². The molecule has 3 N–H and O–H groups in total. The average Bonchev–Trinajstić information content (AvgIpc) is 2.30. The van der Waals surface area contributed by atoms with E-state index in [2.05, 4.69) is 28.3 Å². The number of aromatic nitrogens is 1. The molecule has 4 nitrogen and oxygen atoms in total. The van der Waals surface area contributed by atoms with E-state index < -0.39 is 0 Å². The van der Waals surface area contributed by atoms with Gasteiger partial charge in [0.15, 0.2) is 0 Å². The van der Waals surface area contributed by atoms with Crippen molar-refractivity contribution in [1.29, 1.82) is 0 Å². The van der Waals surface area contributed by atoms with E-state index in [0.29, 0.717) is 0 Å². The van der Waals surface area contributed by atoms with Crippen LogP contribution in [-0.4, -0.2) is 23.0 Å². The molecule has 16 heavy (non-hydrogen) atoms. The lowest BCUT2D eigenvalue weighted by atomic mass is 10.00. The molecular weight excluding hydrogens is 200 g/mol. The Labute approximate surface area is 96.8 Å². The summed E-state index contributed by atoms with van der Waals surface area (Å²) in [5.41, 5.74) is 3.80. The topological polar surface area (TPSA) is 54.2 Å². The Balaban J connectivity index is 1.92. The van der Waals surface area contributed by atoms with Crippen LogP contribution in [0.25, 0.3) is 0 Å². The molecule has 1 unspecified atom stereocenters. The van der Waals surface area contributed by atoms with Crippen LogP contribution >= 0.6 is 0 Å². The molecule has 2 rings (SSSR count). The molecule has 88 valence electrons. The molecule has 0 aliphatic carbocycles. The van der Waals surface area contributed by atoms with Crippen LogP contribution in [0, 0.1) is 5.92 Å². The molecule has 2 heterocycles. The van der Waals surface area contributed by atoms with Crippen LogP contribution in [0.1, 0.15) is 25.3 Å². The number of rotatable bonds is 3. The Morgan fingerprint density at radius 1 is 1.56 bits per heavy atom. The minimum Gasteiger partial charge on any atom is -0.308 e. The number of nitrogens with one attached hydrogen (secondary N) is 1. The smallest absolute Gasteiger partial charge is 0.139 e. The third-order valence-corrected chi connectivity index (χ3v) is 3.12. The highest BCUT2D eigenvalue weighted by molar-refractivity contribution is 5.33. The molecule has 0 radical (unpaired) electrons. The van der Waals surface area contributed by atoms with E-state index in [1.54, 1.807) is 0 Å². The van der Waals surface area contributed by atoms with Crippen molar-refractivity contribution in [3.63, 3.8) is 0 Å². The molecule has 0 bridgehead atoms. The highest BCUT2D eigenvalue weighted by Gasteiger charge is 2.16. The fourth-order valence-corrected chi connectivity index (χ4v) is 2.29. The van der Waals surface area contributed by atoms with Crippen molar-refractivity contribution in [3.05, 3.63) is 23.9 Å². The molecule has 1 saturated heterocycles. The number of pyridine rings is 1. The van der Waals surface area contributed by atoms with E-state index in [9.17, 15) is 0 Å². The maximum absolute atomic E-state index is 5.28. The first-order chi connectivity index (χ1) is 7.78. The summed E-state index contributed by atoms with van der Waals surface area (Å²) in [6.07, 6.45) is 4.58. The fraction of sp³-hybridized carbons (Fsp3) is 0.583. The van der Waals surface area contributed by atoms with Gasteiger partial charge in [-0.05, 0) is 36.9 Å². The standard InChI is InChI=1S/C12H20N4/c1-10-3-2-6-16(8-10)9-11-4-5-12(15-13)14-7-11/h4-5,7,10H,2-3,6,8-9,13H2,1H3,(H,14,15). The van der Waals surface area contributed by atoms with Gasteiger partial charge >= 0.3 is 0 Å². The predicted molar refractivity (Wildman–Crippen MR) is 65.7 cm³/mol. The van der Waals surface area contributed by atoms with Gasteiger partial charge in [-0.3, -0.25) is 4.90 Å². The van der Waals surface area contributed by atoms with Crippen molar-refractivity contribution >= 4 is 5.82 Å². The highest BCUT2D eigenvalue weighted by atomic mass is 15.2. The zero-order chi connectivity index (χ0) is 11.4. The zero-order valence-corrected chi connectivity index (χ0v) is 9.82. The largest absolute Gasteiger partial charge is 0.308 e.